The fraction of sp³-hybridized carbons (Fsp3) is 0.692. The highest BCUT2D eigenvalue weighted by Crippen LogP contribution is 2.43. The molecule has 3 N–H and O–H groups in total. The summed E-state index contributed by atoms with van der Waals surface area (Å²) >= 11 is 1.64. The highest BCUT2D eigenvalue weighted by molar-refractivity contribution is 7.10. The number of alkyl halides is 3. The molecule has 1 aromatic rings. The van der Waals surface area contributed by atoms with Gasteiger partial charge in [-0.25, -0.2) is 0 Å². The summed E-state index contributed by atoms with van der Waals surface area (Å²) < 4.78 is 37.9. The molecule has 6 heteroatoms. The minimum absolute atomic E-state index is 0.0286. The second-order valence-electron chi connectivity index (χ2n) is 5.29. The summed E-state index contributed by atoms with van der Waals surface area (Å²) in [7, 11) is 0. The van der Waals surface area contributed by atoms with E-state index in [4.69, 9.17) is 5.84 Å². The average Bonchev–Trinajstić information content (AvgIpc) is 2.76. The van der Waals surface area contributed by atoms with Crippen LogP contribution >= 0.6 is 11.3 Å². The lowest BCUT2D eigenvalue weighted by atomic mass is 9.77. The van der Waals surface area contributed by atoms with E-state index in [1.165, 1.54) is 4.88 Å². The van der Waals surface area contributed by atoms with Crippen molar-refractivity contribution in [2.45, 2.75) is 44.8 Å². The van der Waals surface area contributed by atoms with Crippen molar-refractivity contribution in [1.29, 1.82) is 0 Å². The first kappa shape index (κ1) is 14.8. The van der Waals surface area contributed by atoms with Gasteiger partial charge in [0, 0.05) is 10.9 Å². The van der Waals surface area contributed by atoms with Crippen LogP contribution in [0.4, 0.5) is 13.2 Å². The normalized spacial score (nSPS) is 26.4. The molecule has 19 heavy (non-hydrogen) atoms. The van der Waals surface area contributed by atoms with Gasteiger partial charge in [0.25, 0.3) is 0 Å². The van der Waals surface area contributed by atoms with E-state index in [1.807, 2.05) is 12.3 Å². The third kappa shape index (κ3) is 3.49. The third-order valence-electron chi connectivity index (χ3n) is 4.00. The van der Waals surface area contributed by atoms with E-state index in [1.54, 1.807) is 11.3 Å². The van der Waals surface area contributed by atoms with Crippen LogP contribution in [0.2, 0.25) is 0 Å². The van der Waals surface area contributed by atoms with Crippen LogP contribution in [0, 0.1) is 18.8 Å². The van der Waals surface area contributed by atoms with Gasteiger partial charge in [0.1, 0.15) is 0 Å². The molecule has 0 saturated heterocycles. The van der Waals surface area contributed by atoms with Crippen LogP contribution in [0.1, 0.15) is 42.2 Å². The summed E-state index contributed by atoms with van der Waals surface area (Å²) in [5, 5.41) is 2.04. The maximum absolute atomic E-state index is 12.6. The van der Waals surface area contributed by atoms with Crippen LogP contribution < -0.4 is 11.3 Å². The summed E-state index contributed by atoms with van der Waals surface area (Å²) in [4.78, 5) is 1.19. The Balaban J connectivity index is 1.99. The number of halogens is 3. The second kappa shape index (κ2) is 5.81. The van der Waals surface area contributed by atoms with Gasteiger partial charge in [0.2, 0.25) is 0 Å². The molecule has 0 bridgehead atoms. The van der Waals surface area contributed by atoms with Gasteiger partial charge in [0.15, 0.2) is 0 Å². The molecule has 1 aliphatic rings. The number of thiophene rings is 1. The molecule has 1 unspecified atom stereocenters. The van der Waals surface area contributed by atoms with Crippen molar-refractivity contribution in [3.8, 4) is 0 Å². The Labute approximate surface area is 115 Å². The van der Waals surface area contributed by atoms with E-state index in [9.17, 15) is 13.2 Å². The molecule has 0 aromatic carbocycles. The topological polar surface area (TPSA) is 38.0 Å². The Bertz CT molecular complexity index is 408. The van der Waals surface area contributed by atoms with Crippen LogP contribution in [-0.4, -0.2) is 6.18 Å². The Morgan fingerprint density at radius 3 is 2.37 bits per heavy atom. The number of hydrogen-bond donors (Lipinski definition) is 2. The summed E-state index contributed by atoms with van der Waals surface area (Å²) in [6.45, 7) is 2.02. The fourth-order valence-electron chi connectivity index (χ4n) is 2.91. The van der Waals surface area contributed by atoms with E-state index in [-0.39, 0.29) is 24.8 Å². The molecule has 1 atom stereocenters. The highest BCUT2D eigenvalue weighted by Gasteiger charge is 2.42. The SMILES string of the molecule is Cc1cc(C(NN)C2CCC(C(F)(F)F)CC2)cs1. The molecule has 2 rings (SSSR count). The second-order valence-corrected chi connectivity index (χ2v) is 6.40. The lowest BCUT2D eigenvalue weighted by Gasteiger charge is -2.34. The lowest BCUT2D eigenvalue weighted by molar-refractivity contribution is -0.184. The molecule has 1 heterocycles. The zero-order chi connectivity index (χ0) is 14.0. The first-order valence-electron chi connectivity index (χ1n) is 6.49. The Hall–Kier alpha value is -0.590. The van der Waals surface area contributed by atoms with E-state index in [0.29, 0.717) is 12.8 Å². The van der Waals surface area contributed by atoms with Gasteiger partial charge in [-0.2, -0.15) is 13.2 Å². The van der Waals surface area contributed by atoms with Crippen molar-refractivity contribution < 1.29 is 13.2 Å². The van der Waals surface area contributed by atoms with Crippen LogP contribution in [-0.2, 0) is 0 Å². The van der Waals surface area contributed by atoms with Gasteiger partial charge in [0.05, 0.1) is 5.92 Å². The molecule has 108 valence electrons. The first-order chi connectivity index (χ1) is 8.91. The molecule has 1 saturated carbocycles. The first-order valence-corrected chi connectivity index (χ1v) is 7.37. The Morgan fingerprint density at radius 2 is 1.95 bits per heavy atom. The van der Waals surface area contributed by atoms with E-state index in [0.717, 1.165) is 5.56 Å². The van der Waals surface area contributed by atoms with Crippen molar-refractivity contribution in [3.63, 3.8) is 0 Å². The van der Waals surface area contributed by atoms with E-state index in [2.05, 4.69) is 11.5 Å². The molecule has 2 nitrogen and oxygen atoms in total. The number of rotatable bonds is 3. The minimum atomic E-state index is -4.05. The van der Waals surface area contributed by atoms with Crippen LogP contribution in [0.3, 0.4) is 0 Å². The van der Waals surface area contributed by atoms with Crippen molar-refractivity contribution in [3.05, 3.63) is 21.9 Å². The predicted octanol–water partition coefficient (Wildman–Crippen LogP) is 3.93. The predicted molar refractivity (Wildman–Crippen MR) is 70.6 cm³/mol. The molecule has 0 radical (unpaired) electrons. The van der Waals surface area contributed by atoms with Crippen molar-refractivity contribution in [2.24, 2.45) is 17.7 Å². The molecule has 1 aromatic heterocycles. The molecular weight excluding hydrogens is 273 g/mol. The monoisotopic (exact) mass is 292 g/mol. The average molecular weight is 292 g/mol. The number of hydrazine groups is 1. The molecule has 0 spiro atoms. The molecule has 1 aliphatic carbocycles. The van der Waals surface area contributed by atoms with Crippen molar-refractivity contribution in [2.75, 3.05) is 0 Å². The number of hydrogen-bond acceptors (Lipinski definition) is 3. The summed E-state index contributed by atoms with van der Waals surface area (Å²) in [5.74, 6) is 4.66. The zero-order valence-corrected chi connectivity index (χ0v) is 11.7. The van der Waals surface area contributed by atoms with Gasteiger partial charge < -0.3 is 0 Å². The quantitative estimate of drug-likeness (QED) is 0.654. The molecule has 1 fully saturated rings. The maximum atomic E-state index is 12.6. The van der Waals surface area contributed by atoms with Gasteiger partial charge in [-0.05, 0) is 55.5 Å². The van der Waals surface area contributed by atoms with Crippen LogP contribution in [0.25, 0.3) is 0 Å². The highest BCUT2D eigenvalue weighted by atomic mass is 32.1. The summed E-state index contributed by atoms with van der Waals surface area (Å²) in [5.41, 5.74) is 3.88. The molecule has 0 amide bonds. The number of aryl methyl sites for hydroxylation is 1. The zero-order valence-electron chi connectivity index (χ0n) is 10.8. The van der Waals surface area contributed by atoms with Crippen molar-refractivity contribution >= 4 is 11.3 Å². The summed E-state index contributed by atoms with van der Waals surface area (Å²) in [6.07, 6.45) is -2.46. The largest absolute Gasteiger partial charge is 0.391 e. The fourth-order valence-corrected chi connectivity index (χ4v) is 3.65. The lowest BCUT2D eigenvalue weighted by Crippen LogP contribution is -2.37. The number of nitrogens with two attached hydrogens (primary N) is 1. The van der Waals surface area contributed by atoms with Crippen molar-refractivity contribution in [1.82, 2.24) is 5.43 Å². The van der Waals surface area contributed by atoms with Crippen LogP contribution in [0.15, 0.2) is 11.4 Å². The molecular formula is C13H19F3N2S. The Kier molecular flexibility index (Phi) is 4.53. The van der Waals surface area contributed by atoms with E-state index < -0.39 is 12.1 Å². The van der Waals surface area contributed by atoms with Gasteiger partial charge >= 0.3 is 6.18 Å². The van der Waals surface area contributed by atoms with E-state index >= 15 is 0 Å². The third-order valence-corrected chi connectivity index (χ3v) is 4.88. The molecule has 0 aliphatic heterocycles. The Morgan fingerprint density at radius 1 is 1.32 bits per heavy atom. The summed E-state index contributed by atoms with van der Waals surface area (Å²) in [6, 6.07) is 2.03. The smallest absolute Gasteiger partial charge is 0.271 e. The standard InChI is InChI=1S/C13H19F3N2S/c1-8-6-10(7-19-8)12(18-17)9-2-4-11(5-3-9)13(14,15)16/h6-7,9,11-12,18H,2-5,17H2,1H3. The minimum Gasteiger partial charge on any atom is -0.271 e. The van der Waals surface area contributed by atoms with Crippen LogP contribution in [0.5, 0.6) is 0 Å². The van der Waals surface area contributed by atoms with Gasteiger partial charge in [-0.15, -0.1) is 11.3 Å². The van der Waals surface area contributed by atoms with Gasteiger partial charge in [-0.1, -0.05) is 0 Å². The van der Waals surface area contributed by atoms with Gasteiger partial charge in [-0.3, -0.25) is 11.3 Å². The maximum Gasteiger partial charge on any atom is 0.391 e. The number of nitrogens with one attached hydrogen (secondary N) is 1.